The van der Waals surface area contributed by atoms with E-state index >= 15 is 0 Å². The Morgan fingerprint density at radius 3 is 2.14 bits per heavy atom. The van der Waals surface area contributed by atoms with E-state index in [-0.39, 0.29) is 11.1 Å². The van der Waals surface area contributed by atoms with E-state index < -0.39 is 29.9 Å². The molecule has 1 nitrogen and oxygen atoms in total. The van der Waals surface area contributed by atoms with Crippen molar-refractivity contribution in [2.24, 2.45) is 0 Å². The molecular formula is C14H8F6O. The van der Waals surface area contributed by atoms with Crippen molar-refractivity contribution in [2.75, 3.05) is 0 Å². The molecule has 0 N–H and O–H groups in total. The minimum absolute atomic E-state index is 0.343. The molecule has 2 rings (SSSR count). The third-order valence-corrected chi connectivity index (χ3v) is 2.69. The van der Waals surface area contributed by atoms with E-state index in [2.05, 4.69) is 4.74 Å². The number of alkyl halides is 5. The molecule has 0 fully saturated rings. The number of hydrogen-bond acceptors (Lipinski definition) is 1. The first kappa shape index (κ1) is 15.2. The maximum absolute atomic E-state index is 13.9. The van der Waals surface area contributed by atoms with E-state index in [1.165, 1.54) is 12.1 Å². The lowest BCUT2D eigenvalue weighted by molar-refractivity contribution is -0.137. The molecular weight excluding hydrogens is 298 g/mol. The van der Waals surface area contributed by atoms with Crippen molar-refractivity contribution in [1.29, 1.82) is 0 Å². The van der Waals surface area contributed by atoms with E-state index in [9.17, 15) is 26.3 Å². The molecule has 21 heavy (non-hydrogen) atoms. The van der Waals surface area contributed by atoms with Crippen molar-refractivity contribution < 1.29 is 31.1 Å². The van der Waals surface area contributed by atoms with Crippen LogP contribution in [-0.4, -0.2) is 6.61 Å². The standard InChI is InChI=1S/C14H8F6O/c15-12-7-8(21-13(16)17)5-6-10(12)9-3-1-2-4-11(9)14(18,19)20/h1-7,13H. The molecule has 112 valence electrons. The molecule has 2 aromatic rings. The summed E-state index contributed by atoms with van der Waals surface area (Å²) in [6.07, 6.45) is -4.65. The number of hydrogen-bond donors (Lipinski definition) is 0. The maximum Gasteiger partial charge on any atom is 0.417 e. The molecule has 7 heteroatoms. The quantitative estimate of drug-likeness (QED) is 0.716. The van der Waals surface area contributed by atoms with Crippen LogP contribution < -0.4 is 4.74 Å². The number of halogens is 6. The Balaban J connectivity index is 2.48. The van der Waals surface area contributed by atoms with Gasteiger partial charge in [-0.2, -0.15) is 22.0 Å². The highest BCUT2D eigenvalue weighted by molar-refractivity contribution is 5.69. The molecule has 0 atom stereocenters. The van der Waals surface area contributed by atoms with Gasteiger partial charge in [-0.25, -0.2) is 4.39 Å². The Morgan fingerprint density at radius 2 is 1.57 bits per heavy atom. The highest BCUT2D eigenvalue weighted by Gasteiger charge is 2.33. The van der Waals surface area contributed by atoms with Crippen LogP contribution in [-0.2, 0) is 6.18 Å². The van der Waals surface area contributed by atoms with Gasteiger partial charge in [0, 0.05) is 11.6 Å². The second-order valence-corrected chi connectivity index (χ2v) is 4.06. The molecule has 0 heterocycles. The van der Waals surface area contributed by atoms with Gasteiger partial charge in [0.25, 0.3) is 0 Å². The SMILES string of the molecule is Fc1cc(OC(F)F)ccc1-c1ccccc1C(F)(F)F. The maximum atomic E-state index is 13.9. The fourth-order valence-electron chi connectivity index (χ4n) is 1.86. The first-order valence-electron chi connectivity index (χ1n) is 5.70. The van der Waals surface area contributed by atoms with Crippen LogP contribution in [0.4, 0.5) is 26.3 Å². The predicted octanol–water partition coefficient (Wildman–Crippen LogP) is 5.11. The number of benzene rings is 2. The zero-order chi connectivity index (χ0) is 15.6. The van der Waals surface area contributed by atoms with Gasteiger partial charge in [0.15, 0.2) is 0 Å². The van der Waals surface area contributed by atoms with Crippen molar-refractivity contribution in [3.05, 3.63) is 53.8 Å². The average Bonchev–Trinajstić information content (AvgIpc) is 2.37. The predicted molar refractivity (Wildman–Crippen MR) is 63.5 cm³/mol. The normalized spacial score (nSPS) is 11.8. The molecule has 0 aliphatic carbocycles. The van der Waals surface area contributed by atoms with Crippen molar-refractivity contribution in [1.82, 2.24) is 0 Å². The third-order valence-electron chi connectivity index (χ3n) is 2.69. The molecule has 0 radical (unpaired) electrons. The molecule has 0 aromatic heterocycles. The Morgan fingerprint density at radius 1 is 0.905 bits per heavy atom. The van der Waals surface area contributed by atoms with Crippen molar-refractivity contribution in [3.8, 4) is 16.9 Å². The molecule has 0 unspecified atom stereocenters. The van der Waals surface area contributed by atoms with Crippen LogP contribution in [0.15, 0.2) is 42.5 Å². The van der Waals surface area contributed by atoms with Crippen LogP contribution in [0.2, 0.25) is 0 Å². The summed E-state index contributed by atoms with van der Waals surface area (Å²) >= 11 is 0. The summed E-state index contributed by atoms with van der Waals surface area (Å²) in [6.45, 7) is -3.14. The Hall–Kier alpha value is -2.18. The second kappa shape index (κ2) is 5.67. The van der Waals surface area contributed by atoms with Gasteiger partial charge in [0.05, 0.1) is 5.56 Å². The zero-order valence-corrected chi connectivity index (χ0v) is 10.3. The molecule has 2 aromatic carbocycles. The van der Waals surface area contributed by atoms with Crippen molar-refractivity contribution >= 4 is 0 Å². The summed E-state index contributed by atoms with van der Waals surface area (Å²) in [5.41, 5.74) is -1.72. The van der Waals surface area contributed by atoms with E-state index in [0.717, 1.165) is 24.3 Å². The van der Waals surface area contributed by atoms with Crippen molar-refractivity contribution in [2.45, 2.75) is 12.8 Å². The van der Waals surface area contributed by atoms with Gasteiger partial charge in [0.1, 0.15) is 11.6 Å². The lowest BCUT2D eigenvalue weighted by Crippen LogP contribution is -2.07. The van der Waals surface area contributed by atoms with E-state index in [1.54, 1.807) is 0 Å². The molecule has 0 amide bonds. The van der Waals surface area contributed by atoms with Gasteiger partial charge in [-0.3, -0.25) is 0 Å². The zero-order valence-electron chi connectivity index (χ0n) is 10.3. The first-order chi connectivity index (χ1) is 9.79. The topological polar surface area (TPSA) is 9.23 Å². The van der Waals surface area contributed by atoms with Gasteiger partial charge in [-0.05, 0) is 23.8 Å². The van der Waals surface area contributed by atoms with Crippen molar-refractivity contribution in [3.63, 3.8) is 0 Å². The summed E-state index contributed by atoms with van der Waals surface area (Å²) in [5, 5.41) is 0. The monoisotopic (exact) mass is 306 g/mol. The highest BCUT2D eigenvalue weighted by Crippen LogP contribution is 2.38. The number of ether oxygens (including phenoxy) is 1. The van der Waals surface area contributed by atoms with Crippen LogP contribution in [0, 0.1) is 5.82 Å². The minimum atomic E-state index is -4.65. The summed E-state index contributed by atoms with van der Waals surface area (Å²) in [7, 11) is 0. The van der Waals surface area contributed by atoms with E-state index in [4.69, 9.17) is 0 Å². The molecule has 0 aliphatic heterocycles. The number of rotatable bonds is 3. The lowest BCUT2D eigenvalue weighted by Gasteiger charge is -2.14. The van der Waals surface area contributed by atoms with E-state index in [1.807, 2.05) is 0 Å². The summed E-state index contributed by atoms with van der Waals surface area (Å²) in [4.78, 5) is 0. The van der Waals surface area contributed by atoms with Crippen LogP contribution >= 0.6 is 0 Å². The van der Waals surface area contributed by atoms with Crippen LogP contribution in [0.1, 0.15) is 5.56 Å². The third kappa shape index (κ3) is 3.48. The highest BCUT2D eigenvalue weighted by atomic mass is 19.4. The van der Waals surface area contributed by atoms with Gasteiger partial charge < -0.3 is 4.74 Å². The summed E-state index contributed by atoms with van der Waals surface area (Å²) < 4.78 is 80.5. The second-order valence-electron chi connectivity index (χ2n) is 4.06. The molecule has 0 saturated carbocycles. The lowest BCUT2D eigenvalue weighted by atomic mass is 9.99. The van der Waals surface area contributed by atoms with Gasteiger partial charge in [0.2, 0.25) is 0 Å². The van der Waals surface area contributed by atoms with Crippen LogP contribution in [0.3, 0.4) is 0 Å². The summed E-state index contributed by atoms with van der Waals surface area (Å²) in [5.74, 6) is -1.54. The fraction of sp³-hybridized carbons (Fsp3) is 0.143. The Bertz CT molecular complexity index is 636. The van der Waals surface area contributed by atoms with Gasteiger partial charge >= 0.3 is 12.8 Å². The molecule has 0 saturated heterocycles. The molecule has 0 spiro atoms. The average molecular weight is 306 g/mol. The Kier molecular flexibility index (Phi) is 4.11. The van der Waals surface area contributed by atoms with E-state index in [0.29, 0.717) is 6.07 Å². The molecule has 0 aliphatic rings. The molecule has 0 bridgehead atoms. The van der Waals surface area contributed by atoms with Crippen LogP contribution in [0.5, 0.6) is 5.75 Å². The first-order valence-corrected chi connectivity index (χ1v) is 5.70. The van der Waals surface area contributed by atoms with Crippen LogP contribution in [0.25, 0.3) is 11.1 Å². The minimum Gasteiger partial charge on any atom is -0.435 e. The van der Waals surface area contributed by atoms with Gasteiger partial charge in [-0.15, -0.1) is 0 Å². The smallest absolute Gasteiger partial charge is 0.417 e. The Labute approximate surface area is 115 Å². The summed E-state index contributed by atoms with van der Waals surface area (Å²) in [6, 6.07) is 7.00. The van der Waals surface area contributed by atoms with Gasteiger partial charge in [-0.1, -0.05) is 18.2 Å². The fourth-order valence-corrected chi connectivity index (χ4v) is 1.86. The largest absolute Gasteiger partial charge is 0.435 e.